The number of aliphatic hydroxyl groups is 1. The first-order valence-corrected chi connectivity index (χ1v) is 7.79. The van der Waals surface area contributed by atoms with Gasteiger partial charge in [0.1, 0.15) is 12.4 Å². The molecule has 0 heterocycles. The topological polar surface area (TPSA) is 20.2 Å². The second-order valence-corrected chi connectivity index (χ2v) is 6.04. The number of aliphatic hydroxyl groups excluding tert-OH is 1. The van der Waals surface area contributed by atoms with Crippen LogP contribution in [-0.2, 0) is 5.75 Å². The van der Waals surface area contributed by atoms with E-state index in [0.717, 1.165) is 10.5 Å². The van der Waals surface area contributed by atoms with Crippen molar-refractivity contribution in [1.29, 1.82) is 0 Å². The third-order valence-corrected chi connectivity index (χ3v) is 4.37. The molecule has 0 aromatic heterocycles. The third-order valence-electron chi connectivity index (χ3n) is 2.57. The molecule has 0 aliphatic heterocycles. The average Bonchev–Trinajstić information content (AvgIpc) is 2.46. The van der Waals surface area contributed by atoms with Crippen molar-refractivity contribution >= 4 is 35.0 Å². The van der Waals surface area contributed by atoms with Crippen LogP contribution in [0.25, 0.3) is 0 Å². The molecular formula is C16H11Cl2FOS. The second kappa shape index (κ2) is 7.72. The molecule has 0 fully saturated rings. The Kier molecular flexibility index (Phi) is 5.96. The number of halogens is 3. The molecule has 0 aliphatic rings. The first-order chi connectivity index (χ1) is 10.1. The lowest BCUT2D eigenvalue weighted by Crippen LogP contribution is -1.87. The monoisotopic (exact) mass is 340 g/mol. The fourth-order valence-electron chi connectivity index (χ4n) is 1.68. The summed E-state index contributed by atoms with van der Waals surface area (Å²) >= 11 is 13.3. The van der Waals surface area contributed by atoms with Gasteiger partial charge in [0.2, 0.25) is 0 Å². The zero-order chi connectivity index (χ0) is 15.2. The Morgan fingerprint density at radius 1 is 1.10 bits per heavy atom. The summed E-state index contributed by atoms with van der Waals surface area (Å²) in [4.78, 5) is 0.955. The number of thioether (sulfide) groups is 1. The van der Waals surface area contributed by atoms with Crippen LogP contribution in [0.3, 0.4) is 0 Å². The molecule has 0 amide bonds. The molecule has 2 rings (SSSR count). The van der Waals surface area contributed by atoms with Gasteiger partial charge in [-0.05, 0) is 42.0 Å². The van der Waals surface area contributed by atoms with Crippen molar-refractivity contribution in [2.75, 3.05) is 6.61 Å². The molecule has 5 heteroatoms. The van der Waals surface area contributed by atoms with Crippen LogP contribution < -0.4 is 0 Å². The van der Waals surface area contributed by atoms with Crippen LogP contribution in [0.2, 0.25) is 10.0 Å². The van der Waals surface area contributed by atoms with Crippen LogP contribution >= 0.6 is 35.0 Å². The van der Waals surface area contributed by atoms with Crippen molar-refractivity contribution in [3.8, 4) is 11.8 Å². The Morgan fingerprint density at radius 3 is 2.62 bits per heavy atom. The lowest BCUT2D eigenvalue weighted by Gasteiger charge is -2.05. The molecule has 0 aliphatic carbocycles. The van der Waals surface area contributed by atoms with Crippen LogP contribution in [0.5, 0.6) is 0 Å². The Bertz CT molecular complexity index is 707. The summed E-state index contributed by atoms with van der Waals surface area (Å²) in [5.41, 5.74) is 1.36. The average molecular weight is 341 g/mol. The fraction of sp³-hybridized carbons (Fsp3) is 0.125. The molecule has 0 radical (unpaired) electrons. The number of rotatable bonds is 3. The van der Waals surface area contributed by atoms with E-state index in [1.54, 1.807) is 18.2 Å². The van der Waals surface area contributed by atoms with E-state index in [9.17, 15) is 4.39 Å². The summed E-state index contributed by atoms with van der Waals surface area (Å²) in [7, 11) is 0. The first-order valence-electron chi connectivity index (χ1n) is 6.05. The van der Waals surface area contributed by atoms with Crippen LogP contribution in [0, 0.1) is 17.7 Å². The second-order valence-electron chi connectivity index (χ2n) is 4.17. The van der Waals surface area contributed by atoms with Crippen molar-refractivity contribution in [3.63, 3.8) is 0 Å². The maximum absolute atomic E-state index is 13.5. The van der Waals surface area contributed by atoms with Crippen LogP contribution in [0.1, 0.15) is 11.1 Å². The maximum Gasteiger partial charge on any atom is 0.124 e. The van der Waals surface area contributed by atoms with Crippen molar-refractivity contribution in [2.24, 2.45) is 0 Å². The predicted molar refractivity (Wildman–Crippen MR) is 86.4 cm³/mol. The van der Waals surface area contributed by atoms with E-state index in [1.807, 2.05) is 6.07 Å². The Morgan fingerprint density at radius 2 is 1.90 bits per heavy atom. The summed E-state index contributed by atoms with van der Waals surface area (Å²) in [6.07, 6.45) is 0. The van der Waals surface area contributed by atoms with Gasteiger partial charge in [-0.1, -0.05) is 35.0 Å². The highest BCUT2D eigenvalue weighted by Gasteiger charge is 2.03. The van der Waals surface area contributed by atoms with Gasteiger partial charge >= 0.3 is 0 Å². The molecule has 0 unspecified atom stereocenters. The number of hydrogen-bond donors (Lipinski definition) is 1. The highest BCUT2D eigenvalue weighted by molar-refractivity contribution is 7.98. The molecule has 0 saturated carbocycles. The third kappa shape index (κ3) is 4.94. The van der Waals surface area contributed by atoms with Crippen molar-refractivity contribution in [2.45, 2.75) is 10.6 Å². The normalized spacial score (nSPS) is 10.1. The standard InChI is InChI=1S/C16H11Cl2FOS/c17-15-4-3-14(9-16(15)18)21-10-12-6-11(2-1-5-20)7-13(19)8-12/h3-4,6-9,20H,5,10H2. The van der Waals surface area contributed by atoms with Crippen molar-refractivity contribution < 1.29 is 9.50 Å². The van der Waals surface area contributed by atoms with Crippen LogP contribution in [0.15, 0.2) is 41.3 Å². The molecule has 2 aromatic rings. The van der Waals surface area contributed by atoms with Crippen LogP contribution in [-0.4, -0.2) is 11.7 Å². The van der Waals surface area contributed by atoms with Gasteiger partial charge in [-0.3, -0.25) is 0 Å². The Balaban J connectivity index is 2.12. The smallest absolute Gasteiger partial charge is 0.124 e. The molecule has 0 saturated heterocycles. The van der Waals surface area contributed by atoms with E-state index in [-0.39, 0.29) is 12.4 Å². The summed E-state index contributed by atoms with van der Waals surface area (Å²) < 4.78 is 13.5. The summed E-state index contributed by atoms with van der Waals surface area (Å²) in [6, 6.07) is 9.99. The van der Waals surface area contributed by atoms with E-state index >= 15 is 0 Å². The molecule has 2 aromatic carbocycles. The van der Waals surface area contributed by atoms with E-state index in [2.05, 4.69) is 11.8 Å². The van der Waals surface area contributed by atoms with Crippen LogP contribution in [0.4, 0.5) is 4.39 Å². The molecule has 0 spiro atoms. The van der Waals surface area contributed by atoms with Gasteiger partial charge in [0.25, 0.3) is 0 Å². The zero-order valence-electron chi connectivity index (χ0n) is 10.9. The highest BCUT2D eigenvalue weighted by atomic mass is 35.5. The quantitative estimate of drug-likeness (QED) is 0.641. The lowest BCUT2D eigenvalue weighted by atomic mass is 10.1. The van der Waals surface area contributed by atoms with E-state index in [1.165, 1.54) is 23.9 Å². The van der Waals surface area contributed by atoms with E-state index < -0.39 is 0 Å². The Hall–Kier alpha value is -1.18. The minimum atomic E-state index is -0.343. The van der Waals surface area contributed by atoms with Crippen molar-refractivity contribution in [3.05, 3.63) is 63.4 Å². The molecule has 21 heavy (non-hydrogen) atoms. The SMILES string of the molecule is OCC#Cc1cc(F)cc(CSc2ccc(Cl)c(Cl)c2)c1. The first kappa shape index (κ1) is 16.2. The summed E-state index contributed by atoms with van der Waals surface area (Å²) in [5.74, 6) is 5.45. The summed E-state index contributed by atoms with van der Waals surface area (Å²) in [6.45, 7) is -0.246. The molecule has 108 valence electrons. The van der Waals surface area contributed by atoms with Gasteiger partial charge < -0.3 is 5.11 Å². The Labute approximate surface area is 137 Å². The minimum absolute atomic E-state index is 0.246. The van der Waals surface area contributed by atoms with Gasteiger partial charge in [0.05, 0.1) is 10.0 Å². The van der Waals surface area contributed by atoms with E-state index in [0.29, 0.717) is 21.4 Å². The number of hydrogen-bond acceptors (Lipinski definition) is 2. The largest absolute Gasteiger partial charge is 0.384 e. The van der Waals surface area contributed by atoms with Gasteiger partial charge in [-0.15, -0.1) is 11.8 Å². The molecule has 1 N–H and O–H groups in total. The van der Waals surface area contributed by atoms with Gasteiger partial charge in [-0.2, -0.15) is 0 Å². The van der Waals surface area contributed by atoms with Gasteiger partial charge in [-0.25, -0.2) is 4.39 Å². The van der Waals surface area contributed by atoms with Gasteiger partial charge in [0, 0.05) is 16.2 Å². The summed E-state index contributed by atoms with van der Waals surface area (Å²) in [5, 5.41) is 9.68. The molecule has 0 atom stereocenters. The molecule has 1 nitrogen and oxygen atoms in total. The lowest BCUT2D eigenvalue weighted by molar-refractivity contribution is 0.350. The van der Waals surface area contributed by atoms with Gasteiger partial charge in [0.15, 0.2) is 0 Å². The maximum atomic E-state index is 13.5. The highest BCUT2D eigenvalue weighted by Crippen LogP contribution is 2.30. The fourth-order valence-corrected chi connectivity index (χ4v) is 2.91. The molecular weight excluding hydrogens is 330 g/mol. The minimum Gasteiger partial charge on any atom is -0.384 e. The molecule has 0 bridgehead atoms. The zero-order valence-corrected chi connectivity index (χ0v) is 13.2. The number of benzene rings is 2. The predicted octanol–water partition coefficient (Wildman–Crippen LogP) is 4.77. The van der Waals surface area contributed by atoms with E-state index in [4.69, 9.17) is 28.3 Å². The van der Waals surface area contributed by atoms with Crippen molar-refractivity contribution in [1.82, 2.24) is 0 Å².